The fourth-order valence-corrected chi connectivity index (χ4v) is 0.508. The number of hydrogen-bond acceptors (Lipinski definition) is 6. The molecule has 9 heavy (non-hydrogen) atoms. The summed E-state index contributed by atoms with van der Waals surface area (Å²) < 4.78 is 0. The monoisotopic (exact) mass is 132 g/mol. The molecule has 6 nitrogen and oxygen atoms in total. The fraction of sp³-hybridized carbons (Fsp3) is 1.00. The molecule has 0 spiro atoms. The van der Waals surface area contributed by atoms with Gasteiger partial charge in [0.15, 0.2) is 0 Å². The summed E-state index contributed by atoms with van der Waals surface area (Å²) >= 11 is 0. The van der Waals surface area contributed by atoms with Gasteiger partial charge in [-0.25, -0.2) is 32.6 Å². The third-order valence-corrected chi connectivity index (χ3v) is 0.905. The van der Waals surface area contributed by atoms with E-state index in [0.717, 1.165) is 0 Å². The molecular formula is C3H12N6. The van der Waals surface area contributed by atoms with E-state index in [1.54, 1.807) is 0 Å². The van der Waals surface area contributed by atoms with Gasteiger partial charge in [0, 0.05) is 0 Å². The molecule has 54 valence electrons. The standard InChI is InChI=1S/C3H12N6/c1-4-6-2-8-9-3-7-5-1/h4-9H,1-3H2. The van der Waals surface area contributed by atoms with E-state index >= 15 is 0 Å². The van der Waals surface area contributed by atoms with Gasteiger partial charge >= 0.3 is 0 Å². The lowest BCUT2D eigenvalue weighted by Gasteiger charge is -2.02. The molecule has 1 fully saturated rings. The molecule has 0 amide bonds. The van der Waals surface area contributed by atoms with E-state index in [0.29, 0.717) is 20.0 Å². The molecule has 1 rings (SSSR count). The number of rotatable bonds is 0. The number of hydrazine groups is 3. The van der Waals surface area contributed by atoms with E-state index in [4.69, 9.17) is 0 Å². The van der Waals surface area contributed by atoms with Crippen molar-refractivity contribution >= 4 is 0 Å². The Morgan fingerprint density at radius 1 is 0.444 bits per heavy atom. The Balaban J connectivity index is 2.02. The van der Waals surface area contributed by atoms with Gasteiger partial charge in [-0.2, -0.15) is 0 Å². The Labute approximate surface area is 53.7 Å². The zero-order valence-corrected chi connectivity index (χ0v) is 5.12. The topological polar surface area (TPSA) is 72.2 Å². The van der Waals surface area contributed by atoms with Gasteiger partial charge in [-0.3, -0.25) is 0 Å². The number of hydrogen-bond donors (Lipinski definition) is 6. The molecule has 0 aromatic heterocycles. The molecule has 6 heteroatoms. The molecule has 0 bridgehead atoms. The van der Waals surface area contributed by atoms with E-state index < -0.39 is 0 Å². The van der Waals surface area contributed by atoms with Crippen molar-refractivity contribution in [1.82, 2.24) is 32.6 Å². The quantitative estimate of drug-likeness (QED) is 0.213. The lowest BCUT2D eigenvalue weighted by molar-refractivity contribution is 0.462. The molecule has 0 aromatic rings. The molecule has 0 unspecified atom stereocenters. The highest BCUT2D eigenvalue weighted by atomic mass is 15.6. The lowest BCUT2D eigenvalue weighted by atomic mass is 11.1. The summed E-state index contributed by atoms with van der Waals surface area (Å²) in [6.45, 7) is 2.09. The smallest absolute Gasteiger partial charge is 0.0721 e. The Morgan fingerprint density at radius 2 is 0.667 bits per heavy atom. The zero-order chi connectivity index (χ0) is 6.36. The van der Waals surface area contributed by atoms with Gasteiger partial charge < -0.3 is 0 Å². The van der Waals surface area contributed by atoms with E-state index in [2.05, 4.69) is 32.6 Å². The Morgan fingerprint density at radius 3 is 0.889 bits per heavy atom. The molecule has 0 aromatic carbocycles. The molecule has 6 N–H and O–H groups in total. The fourth-order valence-electron chi connectivity index (χ4n) is 0.508. The van der Waals surface area contributed by atoms with Crippen LogP contribution < -0.4 is 32.6 Å². The molecule has 1 saturated heterocycles. The highest BCUT2D eigenvalue weighted by Gasteiger charge is 1.88. The summed E-state index contributed by atoms with van der Waals surface area (Å²) in [5.41, 5.74) is 17.4. The van der Waals surface area contributed by atoms with Crippen LogP contribution in [-0.4, -0.2) is 20.0 Å². The average molecular weight is 132 g/mol. The maximum Gasteiger partial charge on any atom is 0.0721 e. The van der Waals surface area contributed by atoms with Crippen LogP contribution in [0.2, 0.25) is 0 Å². The SMILES string of the molecule is C1NNCNNCNN1. The molecule has 1 heterocycles. The van der Waals surface area contributed by atoms with Crippen molar-refractivity contribution in [2.24, 2.45) is 0 Å². The van der Waals surface area contributed by atoms with Crippen molar-refractivity contribution in [2.75, 3.05) is 20.0 Å². The number of nitrogens with one attached hydrogen (secondary N) is 6. The second kappa shape index (κ2) is 4.62. The van der Waals surface area contributed by atoms with Crippen LogP contribution in [0.25, 0.3) is 0 Å². The average Bonchev–Trinajstić information content (AvgIpc) is 2.00. The van der Waals surface area contributed by atoms with Gasteiger partial charge in [-0.15, -0.1) is 0 Å². The van der Waals surface area contributed by atoms with Gasteiger partial charge in [0.1, 0.15) is 0 Å². The highest BCUT2D eigenvalue weighted by molar-refractivity contribution is 4.40. The van der Waals surface area contributed by atoms with Crippen molar-refractivity contribution in [3.63, 3.8) is 0 Å². The van der Waals surface area contributed by atoms with Crippen molar-refractivity contribution in [1.29, 1.82) is 0 Å². The van der Waals surface area contributed by atoms with E-state index in [9.17, 15) is 0 Å². The lowest BCUT2D eigenvalue weighted by Crippen LogP contribution is -2.44. The second-order valence-corrected chi connectivity index (χ2v) is 1.59. The minimum absolute atomic E-state index is 0.698. The molecule has 1 aliphatic rings. The first-order valence-electron chi connectivity index (χ1n) is 2.87. The summed E-state index contributed by atoms with van der Waals surface area (Å²) in [6, 6.07) is 0. The second-order valence-electron chi connectivity index (χ2n) is 1.59. The van der Waals surface area contributed by atoms with Gasteiger partial charge in [-0.1, -0.05) is 0 Å². The van der Waals surface area contributed by atoms with E-state index in [1.165, 1.54) is 0 Å². The molecule has 0 radical (unpaired) electrons. The molecular weight excluding hydrogens is 120 g/mol. The van der Waals surface area contributed by atoms with Crippen LogP contribution in [0.4, 0.5) is 0 Å². The van der Waals surface area contributed by atoms with Crippen LogP contribution >= 0.6 is 0 Å². The van der Waals surface area contributed by atoms with Gasteiger partial charge in [0.25, 0.3) is 0 Å². The minimum Gasteiger partial charge on any atom is -0.241 e. The predicted molar refractivity (Wildman–Crippen MR) is 33.4 cm³/mol. The van der Waals surface area contributed by atoms with Crippen LogP contribution in [-0.2, 0) is 0 Å². The zero-order valence-electron chi connectivity index (χ0n) is 5.12. The van der Waals surface area contributed by atoms with Crippen molar-refractivity contribution in [2.45, 2.75) is 0 Å². The van der Waals surface area contributed by atoms with Crippen molar-refractivity contribution in [3.05, 3.63) is 0 Å². The van der Waals surface area contributed by atoms with Crippen LogP contribution in [0.5, 0.6) is 0 Å². The summed E-state index contributed by atoms with van der Waals surface area (Å²) in [5.74, 6) is 0. The highest BCUT2D eigenvalue weighted by Crippen LogP contribution is 1.49. The summed E-state index contributed by atoms with van der Waals surface area (Å²) in [5, 5.41) is 0. The van der Waals surface area contributed by atoms with Crippen molar-refractivity contribution in [3.8, 4) is 0 Å². The van der Waals surface area contributed by atoms with Gasteiger partial charge in [0.2, 0.25) is 0 Å². The third kappa shape index (κ3) is 3.36. The maximum absolute atomic E-state index is 2.90. The van der Waals surface area contributed by atoms with Gasteiger partial charge in [0.05, 0.1) is 20.0 Å². The Hall–Kier alpha value is -0.240. The van der Waals surface area contributed by atoms with E-state index in [1.807, 2.05) is 0 Å². The first-order chi connectivity index (χ1) is 4.50. The van der Waals surface area contributed by atoms with Gasteiger partial charge in [-0.05, 0) is 0 Å². The maximum atomic E-state index is 2.90. The van der Waals surface area contributed by atoms with Crippen LogP contribution in [0.1, 0.15) is 0 Å². The Bertz CT molecular complexity index is 36.8. The molecule has 1 aliphatic heterocycles. The predicted octanol–water partition coefficient (Wildman–Crippen LogP) is -2.84. The van der Waals surface area contributed by atoms with Crippen molar-refractivity contribution < 1.29 is 0 Å². The summed E-state index contributed by atoms with van der Waals surface area (Å²) in [7, 11) is 0. The van der Waals surface area contributed by atoms with Crippen LogP contribution in [0.3, 0.4) is 0 Å². The summed E-state index contributed by atoms with van der Waals surface area (Å²) in [6.07, 6.45) is 0. The molecule has 0 saturated carbocycles. The summed E-state index contributed by atoms with van der Waals surface area (Å²) in [4.78, 5) is 0. The molecule has 0 aliphatic carbocycles. The molecule has 0 atom stereocenters. The van der Waals surface area contributed by atoms with E-state index in [-0.39, 0.29) is 0 Å². The Kier molecular flexibility index (Phi) is 3.53. The van der Waals surface area contributed by atoms with Crippen LogP contribution in [0, 0.1) is 0 Å². The first-order valence-corrected chi connectivity index (χ1v) is 2.87. The third-order valence-electron chi connectivity index (χ3n) is 0.905. The normalized spacial score (nSPS) is 24.0. The first kappa shape index (κ1) is 6.87. The largest absolute Gasteiger partial charge is 0.241 e. The van der Waals surface area contributed by atoms with Crippen LogP contribution in [0.15, 0.2) is 0 Å². The minimum atomic E-state index is 0.698.